The van der Waals surface area contributed by atoms with Gasteiger partial charge in [0, 0.05) is 6.21 Å². The molecule has 4 heteroatoms. The third kappa shape index (κ3) is 2.66. The number of rotatable bonds is 2. The van der Waals surface area contributed by atoms with Gasteiger partial charge in [0.2, 0.25) is 0 Å². The Kier molecular flexibility index (Phi) is 3.26. The molecule has 0 saturated carbocycles. The first-order valence-electron chi connectivity index (χ1n) is 5.25. The van der Waals surface area contributed by atoms with Crippen LogP contribution in [0.5, 0.6) is 11.5 Å². The number of nitrogens with zero attached hydrogens (tertiary/aromatic N) is 2. The Balaban J connectivity index is 2.24. The molecule has 0 aromatic heterocycles. The predicted molar refractivity (Wildman–Crippen MR) is 68.2 cm³/mol. The van der Waals surface area contributed by atoms with Crippen LogP contribution in [0.15, 0.2) is 47.5 Å². The first-order valence-corrected chi connectivity index (χ1v) is 5.25. The van der Waals surface area contributed by atoms with Crippen molar-refractivity contribution in [2.45, 2.75) is 0 Å². The molecule has 18 heavy (non-hydrogen) atoms. The molecule has 0 amide bonds. The molecule has 2 N–H and O–H groups in total. The highest BCUT2D eigenvalue weighted by Gasteiger charge is 1.98. The number of phenols is 2. The lowest BCUT2D eigenvalue weighted by Crippen LogP contribution is -1.80. The lowest BCUT2D eigenvalue weighted by molar-refractivity contribution is 0.403. The van der Waals surface area contributed by atoms with Crippen LogP contribution in [0.2, 0.25) is 0 Å². The van der Waals surface area contributed by atoms with Gasteiger partial charge in [-0.1, -0.05) is 6.07 Å². The van der Waals surface area contributed by atoms with Gasteiger partial charge < -0.3 is 10.2 Å². The summed E-state index contributed by atoms with van der Waals surface area (Å²) in [6.45, 7) is 0. The zero-order chi connectivity index (χ0) is 13.0. The summed E-state index contributed by atoms with van der Waals surface area (Å²) >= 11 is 0. The zero-order valence-electron chi connectivity index (χ0n) is 9.41. The monoisotopic (exact) mass is 238 g/mol. The van der Waals surface area contributed by atoms with Gasteiger partial charge in [0.05, 0.1) is 17.3 Å². The molecule has 0 heterocycles. The molecule has 0 spiro atoms. The first kappa shape index (κ1) is 11.7. The summed E-state index contributed by atoms with van der Waals surface area (Å²) in [4.78, 5) is 4.19. The van der Waals surface area contributed by atoms with E-state index in [-0.39, 0.29) is 11.5 Å². The van der Waals surface area contributed by atoms with E-state index in [1.165, 1.54) is 12.1 Å². The van der Waals surface area contributed by atoms with Crippen LogP contribution in [0, 0.1) is 11.3 Å². The van der Waals surface area contributed by atoms with E-state index < -0.39 is 0 Å². The van der Waals surface area contributed by atoms with Crippen molar-refractivity contribution in [1.82, 2.24) is 0 Å². The molecular weight excluding hydrogens is 228 g/mol. The number of hydrogen-bond acceptors (Lipinski definition) is 4. The average molecular weight is 238 g/mol. The summed E-state index contributed by atoms with van der Waals surface area (Å²) in [7, 11) is 0. The Morgan fingerprint density at radius 2 is 1.89 bits per heavy atom. The minimum absolute atomic E-state index is 0.168. The molecule has 0 fully saturated rings. The summed E-state index contributed by atoms with van der Waals surface area (Å²) in [5.74, 6) is -0.358. The van der Waals surface area contributed by atoms with E-state index in [1.54, 1.807) is 36.5 Å². The second-order valence-electron chi connectivity index (χ2n) is 3.67. The Bertz CT molecular complexity index is 642. The Labute approximate surface area is 104 Å². The molecule has 0 aliphatic rings. The van der Waals surface area contributed by atoms with Gasteiger partial charge in [0.25, 0.3) is 0 Å². The van der Waals surface area contributed by atoms with Gasteiger partial charge >= 0.3 is 0 Å². The van der Waals surface area contributed by atoms with Crippen molar-refractivity contribution in [3.8, 4) is 17.6 Å². The molecule has 0 saturated heterocycles. The maximum absolute atomic E-state index is 9.32. The largest absolute Gasteiger partial charge is 0.504 e. The number of aliphatic imine (C=N–C) groups is 1. The first-order chi connectivity index (χ1) is 8.69. The molecule has 0 radical (unpaired) electrons. The smallest absolute Gasteiger partial charge is 0.158 e. The van der Waals surface area contributed by atoms with Gasteiger partial charge in [-0.15, -0.1) is 0 Å². The summed E-state index contributed by atoms with van der Waals surface area (Å²) in [5, 5.41) is 27.2. The number of nitriles is 1. The number of phenolic OH excluding ortho intramolecular Hbond substituents is 2. The molecule has 0 aliphatic heterocycles. The van der Waals surface area contributed by atoms with Crippen LogP contribution in [0.4, 0.5) is 5.69 Å². The van der Waals surface area contributed by atoms with E-state index in [0.29, 0.717) is 16.8 Å². The van der Waals surface area contributed by atoms with Crippen molar-refractivity contribution in [1.29, 1.82) is 5.26 Å². The minimum Gasteiger partial charge on any atom is -0.504 e. The van der Waals surface area contributed by atoms with Crippen LogP contribution in [0.1, 0.15) is 11.1 Å². The fraction of sp³-hybridized carbons (Fsp3) is 0. The maximum atomic E-state index is 9.32. The van der Waals surface area contributed by atoms with E-state index in [1.807, 2.05) is 6.07 Å². The molecule has 88 valence electrons. The van der Waals surface area contributed by atoms with E-state index in [2.05, 4.69) is 4.99 Å². The van der Waals surface area contributed by atoms with Crippen molar-refractivity contribution in [3.63, 3.8) is 0 Å². The summed E-state index contributed by atoms with van der Waals surface area (Å²) < 4.78 is 0. The van der Waals surface area contributed by atoms with E-state index in [9.17, 15) is 5.11 Å². The van der Waals surface area contributed by atoms with Gasteiger partial charge in [-0.2, -0.15) is 5.26 Å². The van der Waals surface area contributed by atoms with E-state index >= 15 is 0 Å². The average Bonchev–Trinajstić information content (AvgIpc) is 2.40. The Hall–Kier alpha value is -2.80. The molecule has 0 aliphatic carbocycles. The molecule has 2 aromatic carbocycles. The maximum Gasteiger partial charge on any atom is 0.158 e. The third-order valence-electron chi connectivity index (χ3n) is 2.34. The molecule has 4 nitrogen and oxygen atoms in total. The fourth-order valence-corrected chi connectivity index (χ4v) is 1.43. The molecule has 0 unspecified atom stereocenters. The number of benzene rings is 2. The third-order valence-corrected chi connectivity index (χ3v) is 2.34. The quantitative estimate of drug-likeness (QED) is 0.623. The molecule has 0 bridgehead atoms. The van der Waals surface area contributed by atoms with Crippen molar-refractivity contribution >= 4 is 11.9 Å². The van der Waals surface area contributed by atoms with Crippen LogP contribution in [-0.4, -0.2) is 16.4 Å². The zero-order valence-corrected chi connectivity index (χ0v) is 9.41. The van der Waals surface area contributed by atoms with E-state index in [0.717, 1.165) is 0 Å². The number of aromatic hydroxyl groups is 2. The van der Waals surface area contributed by atoms with Crippen molar-refractivity contribution in [2.75, 3.05) is 0 Å². The number of hydrogen-bond donors (Lipinski definition) is 2. The van der Waals surface area contributed by atoms with Gasteiger partial charge in [-0.3, -0.25) is 4.99 Å². The van der Waals surface area contributed by atoms with Gasteiger partial charge in [-0.25, -0.2) is 0 Å². The fourth-order valence-electron chi connectivity index (χ4n) is 1.43. The highest BCUT2D eigenvalue weighted by molar-refractivity contribution is 5.83. The Morgan fingerprint density at radius 1 is 1.06 bits per heavy atom. The van der Waals surface area contributed by atoms with E-state index in [4.69, 9.17) is 10.4 Å². The molecule has 2 aromatic rings. The van der Waals surface area contributed by atoms with Crippen LogP contribution in [-0.2, 0) is 0 Å². The van der Waals surface area contributed by atoms with Crippen LogP contribution in [0.25, 0.3) is 0 Å². The second kappa shape index (κ2) is 5.02. The summed E-state index contributed by atoms with van der Waals surface area (Å²) in [6, 6.07) is 13.4. The summed E-state index contributed by atoms with van der Waals surface area (Å²) in [6.07, 6.45) is 1.55. The highest BCUT2D eigenvalue weighted by atomic mass is 16.3. The summed E-state index contributed by atoms with van der Waals surface area (Å²) in [5.41, 5.74) is 1.85. The minimum atomic E-state index is -0.190. The lowest BCUT2D eigenvalue weighted by Gasteiger charge is -1.98. The Morgan fingerprint density at radius 3 is 2.61 bits per heavy atom. The van der Waals surface area contributed by atoms with Gasteiger partial charge in [0.1, 0.15) is 0 Å². The topological polar surface area (TPSA) is 76.6 Å². The molecular formula is C14H10N2O2. The van der Waals surface area contributed by atoms with Crippen molar-refractivity contribution in [2.24, 2.45) is 4.99 Å². The normalized spacial score (nSPS) is 10.4. The van der Waals surface area contributed by atoms with Crippen LogP contribution < -0.4 is 0 Å². The highest BCUT2D eigenvalue weighted by Crippen LogP contribution is 2.24. The standard InChI is InChI=1S/C14H10N2O2/c15-8-10-2-1-3-12(6-10)16-9-11-4-5-13(17)14(18)7-11/h1-7,9,17-18H. The van der Waals surface area contributed by atoms with Gasteiger partial charge in [-0.05, 0) is 42.0 Å². The molecule has 0 atom stereocenters. The second-order valence-corrected chi connectivity index (χ2v) is 3.67. The molecule has 2 rings (SSSR count). The van der Waals surface area contributed by atoms with Crippen molar-refractivity contribution in [3.05, 3.63) is 53.6 Å². The van der Waals surface area contributed by atoms with Crippen LogP contribution >= 0.6 is 0 Å². The van der Waals surface area contributed by atoms with Crippen LogP contribution in [0.3, 0.4) is 0 Å². The van der Waals surface area contributed by atoms with Gasteiger partial charge in [0.15, 0.2) is 11.5 Å². The SMILES string of the molecule is N#Cc1cccc(N=Cc2ccc(O)c(O)c2)c1. The van der Waals surface area contributed by atoms with Crippen molar-refractivity contribution < 1.29 is 10.2 Å². The lowest BCUT2D eigenvalue weighted by atomic mass is 10.2. The predicted octanol–water partition coefficient (Wildman–Crippen LogP) is 2.72.